The molecule has 0 unspecified atom stereocenters. The van der Waals surface area contributed by atoms with Crippen molar-refractivity contribution in [1.82, 2.24) is 14.5 Å². The van der Waals surface area contributed by atoms with Gasteiger partial charge in [0.05, 0.1) is 16.8 Å². The normalized spacial score (nSPS) is 15.9. The summed E-state index contributed by atoms with van der Waals surface area (Å²) in [7, 11) is 1.81. The maximum Gasteiger partial charge on any atom is 0.267 e. The number of para-hydroxylation sites is 1. The number of nitrogens with zero attached hydrogens (tertiary/aromatic N) is 3. The minimum absolute atomic E-state index is 0.00223. The summed E-state index contributed by atoms with van der Waals surface area (Å²) in [5, 5.41) is 0.984. The lowest BCUT2D eigenvalue weighted by atomic mass is 9.97. The number of thioether (sulfide) groups is 1. The first-order valence-electron chi connectivity index (χ1n) is 10.2. The fourth-order valence-electron chi connectivity index (χ4n) is 4.02. The summed E-state index contributed by atoms with van der Waals surface area (Å²) in [5.41, 5.74) is 1.01. The van der Waals surface area contributed by atoms with Crippen LogP contribution in [-0.2, 0) is 17.6 Å². The van der Waals surface area contributed by atoms with Crippen molar-refractivity contribution in [2.24, 2.45) is 0 Å². The summed E-state index contributed by atoms with van der Waals surface area (Å²) >= 11 is 2.77. The van der Waals surface area contributed by atoms with Gasteiger partial charge in [-0.05, 0) is 56.2 Å². The SMILES string of the molecule is CN(C(=O)CSc1nc2sc3c(c2c(=O)n1-c1ccccc1F)CCCC3)C1CC1. The average molecular weight is 444 g/mol. The molecule has 0 aliphatic heterocycles. The lowest BCUT2D eigenvalue weighted by Crippen LogP contribution is -2.30. The highest BCUT2D eigenvalue weighted by Gasteiger charge is 2.30. The lowest BCUT2D eigenvalue weighted by molar-refractivity contribution is -0.127. The monoisotopic (exact) mass is 443 g/mol. The van der Waals surface area contributed by atoms with Crippen LogP contribution in [0.3, 0.4) is 0 Å². The van der Waals surface area contributed by atoms with E-state index in [1.165, 1.54) is 27.3 Å². The lowest BCUT2D eigenvalue weighted by Gasteiger charge is -2.17. The molecule has 30 heavy (non-hydrogen) atoms. The molecule has 0 spiro atoms. The minimum Gasteiger partial charge on any atom is -0.342 e. The molecule has 1 amide bonds. The molecule has 1 fully saturated rings. The number of hydrogen-bond donors (Lipinski definition) is 0. The summed E-state index contributed by atoms with van der Waals surface area (Å²) in [6.45, 7) is 0. The number of rotatable bonds is 5. The Balaban J connectivity index is 1.62. The molecule has 0 N–H and O–H groups in total. The molecule has 5 nitrogen and oxygen atoms in total. The van der Waals surface area contributed by atoms with Gasteiger partial charge in [0.1, 0.15) is 10.6 Å². The van der Waals surface area contributed by atoms with Gasteiger partial charge in [0, 0.05) is 18.0 Å². The number of hydrogen-bond acceptors (Lipinski definition) is 5. The Morgan fingerprint density at radius 1 is 1.30 bits per heavy atom. The van der Waals surface area contributed by atoms with E-state index in [0.717, 1.165) is 44.1 Å². The summed E-state index contributed by atoms with van der Waals surface area (Å²) in [5.74, 6) is -0.305. The average Bonchev–Trinajstić information content (AvgIpc) is 3.52. The number of amides is 1. The molecular weight excluding hydrogens is 421 g/mol. The van der Waals surface area contributed by atoms with E-state index < -0.39 is 5.82 Å². The molecule has 2 aromatic heterocycles. The first-order valence-corrected chi connectivity index (χ1v) is 12.1. The molecule has 3 aromatic rings. The maximum atomic E-state index is 14.7. The second-order valence-electron chi connectivity index (χ2n) is 7.90. The molecule has 2 heterocycles. The second kappa shape index (κ2) is 7.81. The molecule has 8 heteroatoms. The molecule has 156 valence electrons. The van der Waals surface area contributed by atoms with Crippen molar-refractivity contribution in [3.8, 4) is 5.69 Å². The van der Waals surface area contributed by atoms with Crippen molar-refractivity contribution in [2.75, 3.05) is 12.8 Å². The summed E-state index contributed by atoms with van der Waals surface area (Å²) in [6, 6.07) is 6.56. The molecule has 2 aliphatic carbocycles. The number of aromatic nitrogens is 2. The van der Waals surface area contributed by atoms with Crippen LogP contribution in [-0.4, -0.2) is 39.2 Å². The number of thiophene rings is 1. The van der Waals surface area contributed by atoms with Crippen LogP contribution in [0.1, 0.15) is 36.1 Å². The first kappa shape index (κ1) is 19.8. The van der Waals surface area contributed by atoms with E-state index in [4.69, 9.17) is 4.98 Å². The van der Waals surface area contributed by atoms with E-state index in [-0.39, 0.29) is 22.9 Å². The molecule has 0 atom stereocenters. The number of benzene rings is 1. The van der Waals surface area contributed by atoms with Gasteiger partial charge in [-0.15, -0.1) is 11.3 Å². The highest BCUT2D eigenvalue weighted by atomic mass is 32.2. The Hall–Kier alpha value is -2.19. The fourth-order valence-corrected chi connectivity index (χ4v) is 6.25. The van der Waals surface area contributed by atoms with Crippen LogP contribution in [0.15, 0.2) is 34.2 Å². The van der Waals surface area contributed by atoms with Gasteiger partial charge in [-0.1, -0.05) is 23.9 Å². The van der Waals surface area contributed by atoms with Crippen molar-refractivity contribution < 1.29 is 9.18 Å². The Bertz CT molecular complexity index is 1200. The van der Waals surface area contributed by atoms with Crippen LogP contribution >= 0.6 is 23.1 Å². The van der Waals surface area contributed by atoms with Gasteiger partial charge in [-0.2, -0.15) is 0 Å². The standard InChI is InChI=1S/C22H22FN3O2S2/c1-25(13-10-11-13)18(27)12-29-22-24-20-19(14-6-2-5-9-17(14)30-20)21(28)26(22)16-8-4-3-7-15(16)23/h3-4,7-8,13H,2,5-6,9-12H2,1H3. The minimum atomic E-state index is -0.479. The van der Waals surface area contributed by atoms with E-state index >= 15 is 0 Å². The third-order valence-corrected chi connectivity index (χ3v) is 7.97. The summed E-state index contributed by atoms with van der Waals surface area (Å²) in [4.78, 5) is 34.6. The van der Waals surface area contributed by atoms with Gasteiger partial charge in [0.2, 0.25) is 5.91 Å². The third kappa shape index (κ3) is 3.46. The molecule has 0 bridgehead atoms. The Kier molecular flexibility index (Phi) is 5.14. The Morgan fingerprint density at radius 3 is 2.83 bits per heavy atom. The van der Waals surface area contributed by atoms with Crippen LogP contribution in [0.25, 0.3) is 15.9 Å². The van der Waals surface area contributed by atoms with Gasteiger partial charge in [-0.25, -0.2) is 9.37 Å². The van der Waals surface area contributed by atoms with Gasteiger partial charge in [0.25, 0.3) is 5.56 Å². The van der Waals surface area contributed by atoms with Crippen molar-refractivity contribution in [3.63, 3.8) is 0 Å². The first-order chi connectivity index (χ1) is 14.5. The van der Waals surface area contributed by atoms with Crippen LogP contribution in [0.5, 0.6) is 0 Å². The number of aryl methyl sites for hydroxylation is 2. The van der Waals surface area contributed by atoms with E-state index in [2.05, 4.69) is 0 Å². The summed E-state index contributed by atoms with van der Waals surface area (Å²) < 4.78 is 16.0. The molecule has 0 radical (unpaired) electrons. The van der Waals surface area contributed by atoms with Crippen LogP contribution < -0.4 is 5.56 Å². The molecule has 1 saturated carbocycles. The molecule has 5 rings (SSSR count). The molecule has 2 aliphatic rings. The van der Waals surface area contributed by atoms with Gasteiger partial charge in [-0.3, -0.25) is 14.2 Å². The van der Waals surface area contributed by atoms with E-state index in [9.17, 15) is 14.0 Å². The predicted molar refractivity (Wildman–Crippen MR) is 118 cm³/mol. The van der Waals surface area contributed by atoms with Crippen molar-refractivity contribution in [3.05, 3.63) is 50.9 Å². The second-order valence-corrected chi connectivity index (χ2v) is 9.93. The number of carbonyl (C=O) groups is 1. The van der Waals surface area contributed by atoms with Crippen molar-refractivity contribution >= 4 is 39.2 Å². The summed E-state index contributed by atoms with van der Waals surface area (Å²) in [6.07, 6.45) is 6.07. The topological polar surface area (TPSA) is 55.2 Å². The largest absolute Gasteiger partial charge is 0.342 e. The van der Waals surface area contributed by atoms with E-state index in [0.29, 0.717) is 21.4 Å². The van der Waals surface area contributed by atoms with Crippen LogP contribution in [0, 0.1) is 5.82 Å². The maximum absolute atomic E-state index is 14.7. The Labute approximate surface area is 181 Å². The van der Waals surface area contributed by atoms with E-state index in [1.807, 2.05) is 7.05 Å². The third-order valence-electron chi connectivity index (χ3n) is 5.86. The number of carbonyl (C=O) groups excluding carboxylic acids is 1. The fraction of sp³-hybridized carbons (Fsp3) is 0.409. The zero-order chi connectivity index (χ0) is 20.8. The van der Waals surface area contributed by atoms with Crippen LogP contribution in [0.4, 0.5) is 4.39 Å². The highest BCUT2D eigenvalue weighted by molar-refractivity contribution is 7.99. The number of fused-ring (bicyclic) bond motifs is 3. The Morgan fingerprint density at radius 2 is 2.07 bits per heavy atom. The van der Waals surface area contributed by atoms with Gasteiger partial charge >= 0.3 is 0 Å². The predicted octanol–water partition coefficient (Wildman–Crippen LogP) is 4.18. The molecular formula is C22H22FN3O2S2. The molecule has 1 aromatic carbocycles. The molecule has 0 saturated heterocycles. The smallest absolute Gasteiger partial charge is 0.267 e. The zero-order valence-electron chi connectivity index (χ0n) is 16.7. The van der Waals surface area contributed by atoms with Crippen LogP contribution in [0.2, 0.25) is 0 Å². The van der Waals surface area contributed by atoms with Crippen molar-refractivity contribution in [1.29, 1.82) is 0 Å². The van der Waals surface area contributed by atoms with Gasteiger partial charge < -0.3 is 4.90 Å². The zero-order valence-corrected chi connectivity index (χ0v) is 18.3. The number of halogens is 1. The highest BCUT2D eigenvalue weighted by Crippen LogP contribution is 2.35. The quantitative estimate of drug-likeness (QED) is 0.439. The van der Waals surface area contributed by atoms with E-state index in [1.54, 1.807) is 34.4 Å². The van der Waals surface area contributed by atoms with Crippen molar-refractivity contribution in [2.45, 2.75) is 49.7 Å². The van der Waals surface area contributed by atoms with Gasteiger partial charge in [0.15, 0.2) is 5.16 Å².